The number of aromatic nitrogens is 1. The van der Waals surface area contributed by atoms with Gasteiger partial charge in [-0.25, -0.2) is 0 Å². The monoisotopic (exact) mass is 237 g/mol. The number of nitrogens with zero attached hydrogens (tertiary/aromatic N) is 1. The van der Waals surface area contributed by atoms with Crippen LogP contribution in [0.1, 0.15) is 5.56 Å². The Balaban J connectivity index is 2.46. The van der Waals surface area contributed by atoms with Crippen molar-refractivity contribution in [3.8, 4) is 11.1 Å². The number of halogens is 2. The normalized spacial score (nSPS) is 10.3. The highest BCUT2D eigenvalue weighted by Crippen LogP contribution is 2.25. The smallest absolute Gasteiger partial charge is 0.0489 e. The zero-order chi connectivity index (χ0) is 10.7. The van der Waals surface area contributed by atoms with Crippen LogP contribution in [0.3, 0.4) is 0 Å². The summed E-state index contributed by atoms with van der Waals surface area (Å²) in [6.07, 6.45) is 3.54. The molecule has 0 atom stereocenters. The molecule has 0 unspecified atom stereocenters. The van der Waals surface area contributed by atoms with Crippen LogP contribution < -0.4 is 0 Å². The minimum atomic E-state index is 0.428. The number of pyridine rings is 1. The fraction of sp³-hybridized carbons (Fsp3) is 0.0833. The van der Waals surface area contributed by atoms with Gasteiger partial charge in [0.2, 0.25) is 0 Å². The van der Waals surface area contributed by atoms with Gasteiger partial charge in [-0.2, -0.15) is 0 Å². The van der Waals surface area contributed by atoms with Gasteiger partial charge in [0.1, 0.15) is 0 Å². The second-order valence-electron chi connectivity index (χ2n) is 3.18. The molecule has 76 valence electrons. The summed E-state index contributed by atoms with van der Waals surface area (Å²) < 4.78 is 0. The molecule has 0 aliphatic rings. The lowest BCUT2D eigenvalue weighted by molar-refractivity contribution is 1.32. The Morgan fingerprint density at radius 3 is 2.40 bits per heavy atom. The summed E-state index contributed by atoms with van der Waals surface area (Å²) in [6, 6.07) is 9.77. The number of benzene rings is 1. The second kappa shape index (κ2) is 4.65. The van der Waals surface area contributed by atoms with Crippen molar-refractivity contribution in [1.29, 1.82) is 0 Å². The van der Waals surface area contributed by atoms with E-state index in [1.807, 2.05) is 30.3 Å². The molecule has 0 aliphatic carbocycles. The van der Waals surface area contributed by atoms with Crippen LogP contribution >= 0.6 is 23.2 Å². The van der Waals surface area contributed by atoms with Crippen LogP contribution in [-0.4, -0.2) is 4.98 Å². The van der Waals surface area contributed by atoms with Crippen LogP contribution in [0.15, 0.2) is 42.7 Å². The van der Waals surface area contributed by atoms with Gasteiger partial charge in [-0.1, -0.05) is 17.7 Å². The maximum Gasteiger partial charge on any atom is 0.0489 e. The van der Waals surface area contributed by atoms with E-state index in [0.29, 0.717) is 10.9 Å². The third kappa shape index (κ3) is 2.31. The van der Waals surface area contributed by atoms with Gasteiger partial charge < -0.3 is 0 Å². The summed E-state index contributed by atoms with van der Waals surface area (Å²) >= 11 is 11.8. The average Bonchev–Trinajstić information content (AvgIpc) is 2.31. The Morgan fingerprint density at radius 1 is 1.00 bits per heavy atom. The molecule has 0 saturated carbocycles. The molecule has 1 heterocycles. The molecule has 2 rings (SSSR count). The van der Waals surface area contributed by atoms with E-state index in [1.54, 1.807) is 12.4 Å². The molecular formula is C12H9Cl2N. The summed E-state index contributed by atoms with van der Waals surface area (Å²) in [6.45, 7) is 0. The van der Waals surface area contributed by atoms with Crippen LogP contribution in [-0.2, 0) is 5.88 Å². The number of alkyl halides is 1. The first-order chi connectivity index (χ1) is 7.31. The van der Waals surface area contributed by atoms with Crippen molar-refractivity contribution in [3.63, 3.8) is 0 Å². The van der Waals surface area contributed by atoms with E-state index in [4.69, 9.17) is 23.2 Å². The van der Waals surface area contributed by atoms with Gasteiger partial charge in [0.15, 0.2) is 0 Å². The molecule has 0 spiro atoms. The molecule has 1 aromatic carbocycles. The zero-order valence-corrected chi connectivity index (χ0v) is 9.46. The molecule has 0 aliphatic heterocycles. The van der Waals surface area contributed by atoms with Crippen LogP contribution in [0.25, 0.3) is 11.1 Å². The van der Waals surface area contributed by atoms with Crippen molar-refractivity contribution in [2.75, 3.05) is 0 Å². The first-order valence-electron chi connectivity index (χ1n) is 4.56. The Hall–Kier alpha value is -1.05. The standard InChI is InChI=1S/C12H9Cl2N/c13-8-11-7-10(1-2-12(11)14)9-3-5-15-6-4-9/h1-7H,8H2. The molecule has 15 heavy (non-hydrogen) atoms. The fourth-order valence-electron chi connectivity index (χ4n) is 1.40. The van der Waals surface area contributed by atoms with Crippen molar-refractivity contribution >= 4 is 23.2 Å². The van der Waals surface area contributed by atoms with E-state index >= 15 is 0 Å². The van der Waals surface area contributed by atoms with Crippen LogP contribution in [0, 0.1) is 0 Å². The van der Waals surface area contributed by atoms with Crippen molar-refractivity contribution in [2.24, 2.45) is 0 Å². The molecule has 1 nitrogen and oxygen atoms in total. The topological polar surface area (TPSA) is 12.9 Å². The van der Waals surface area contributed by atoms with E-state index in [2.05, 4.69) is 4.98 Å². The minimum absolute atomic E-state index is 0.428. The highest BCUT2D eigenvalue weighted by Gasteiger charge is 2.02. The Bertz CT molecular complexity index is 454. The summed E-state index contributed by atoms with van der Waals surface area (Å²) in [4.78, 5) is 3.98. The van der Waals surface area contributed by atoms with E-state index < -0.39 is 0 Å². The number of rotatable bonds is 2. The van der Waals surface area contributed by atoms with Crippen molar-refractivity contribution in [1.82, 2.24) is 4.98 Å². The largest absolute Gasteiger partial charge is 0.265 e. The van der Waals surface area contributed by atoms with Gasteiger partial charge in [0, 0.05) is 23.3 Å². The summed E-state index contributed by atoms with van der Waals surface area (Å²) in [7, 11) is 0. The molecule has 2 aromatic rings. The molecule has 0 saturated heterocycles. The van der Waals surface area contributed by atoms with Crippen LogP contribution in [0.4, 0.5) is 0 Å². The summed E-state index contributed by atoms with van der Waals surface area (Å²) in [5.74, 6) is 0.428. The third-order valence-corrected chi connectivity index (χ3v) is 2.86. The van der Waals surface area contributed by atoms with Gasteiger partial charge in [-0.3, -0.25) is 4.98 Å². The van der Waals surface area contributed by atoms with Crippen molar-refractivity contribution in [3.05, 3.63) is 53.3 Å². The van der Waals surface area contributed by atoms with Gasteiger partial charge in [0.05, 0.1) is 0 Å². The van der Waals surface area contributed by atoms with Crippen LogP contribution in [0.5, 0.6) is 0 Å². The Morgan fingerprint density at radius 2 is 1.73 bits per heavy atom. The Kier molecular flexibility index (Phi) is 3.24. The van der Waals surface area contributed by atoms with Gasteiger partial charge in [0.25, 0.3) is 0 Å². The highest BCUT2D eigenvalue weighted by atomic mass is 35.5. The van der Waals surface area contributed by atoms with Gasteiger partial charge >= 0.3 is 0 Å². The summed E-state index contributed by atoms with van der Waals surface area (Å²) in [5.41, 5.74) is 3.18. The molecular weight excluding hydrogens is 229 g/mol. The third-order valence-electron chi connectivity index (χ3n) is 2.20. The van der Waals surface area contributed by atoms with Crippen molar-refractivity contribution in [2.45, 2.75) is 5.88 Å². The quantitative estimate of drug-likeness (QED) is 0.716. The predicted octanol–water partition coefficient (Wildman–Crippen LogP) is 4.14. The maximum absolute atomic E-state index is 5.99. The molecule has 1 aromatic heterocycles. The maximum atomic E-state index is 5.99. The lowest BCUT2D eigenvalue weighted by atomic mass is 10.1. The average molecular weight is 238 g/mol. The highest BCUT2D eigenvalue weighted by molar-refractivity contribution is 6.32. The fourth-order valence-corrected chi connectivity index (χ4v) is 1.87. The molecule has 3 heteroatoms. The number of hydrogen-bond donors (Lipinski definition) is 0. The lowest BCUT2D eigenvalue weighted by Gasteiger charge is -2.05. The van der Waals surface area contributed by atoms with E-state index in [0.717, 1.165) is 16.7 Å². The van der Waals surface area contributed by atoms with E-state index in [1.165, 1.54) is 0 Å². The first-order valence-corrected chi connectivity index (χ1v) is 5.47. The summed E-state index contributed by atoms with van der Waals surface area (Å²) in [5, 5.41) is 0.711. The van der Waals surface area contributed by atoms with E-state index in [9.17, 15) is 0 Å². The Labute approximate surface area is 98.7 Å². The molecule has 0 radical (unpaired) electrons. The van der Waals surface area contributed by atoms with Crippen molar-refractivity contribution < 1.29 is 0 Å². The SMILES string of the molecule is ClCc1cc(-c2ccncc2)ccc1Cl. The number of hydrogen-bond acceptors (Lipinski definition) is 1. The first kappa shape index (κ1) is 10.5. The zero-order valence-electron chi connectivity index (χ0n) is 7.95. The lowest BCUT2D eigenvalue weighted by Crippen LogP contribution is -1.84. The van der Waals surface area contributed by atoms with Crippen LogP contribution in [0.2, 0.25) is 5.02 Å². The minimum Gasteiger partial charge on any atom is -0.265 e. The van der Waals surface area contributed by atoms with Gasteiger partial charge in [-0.15, -0.1) is 11.6 Å². The molecule has 0 fully saturated rings. The molecule has 0 amide bonds. The molecule has 0 N–H and O–H groups in total. The second-order valence-corrected chi connectivity index (χ2v) is 3.85. The predicted molar refractivity (Wildman–Crippen MR) is 64.2 cm³/mol. The van der Waals surface area contributed by atoms with E-state index in [-0.39, 0.29) is 0 Å². The van der Waals surface area contributed by atoms with Gasteiger partial charge in [-0.05, 0) is 41.0 Å². The molecule has 0 bridgehead atoms.